The van der Waals surface area contributed by atoms with Crippen molar-refractivity contribution < 1.29 is 22.8 Å². The molecule has 0 unspecified atom stereocenters. The lowest BCUT2D eigenvalue weighted by atomic mass is 10.2. The first-order valence-corrected chi connectivity index (χ1v) is 5.46. The minimum absolute atomic E-state index is 0.118. The molecule has 1 fully saturated rings. The van der Waals surface area contributed by atoms with Crippen molar-refractivity contribution in [1.82, 2.24) is 0 Å². The van der Waals surface area contributed by atoms with Crippen LogP contribution in [0, 0.1) is 17.5 Å². The Kier molecular flexibility index (Phi) is 3.36. The summed E-state index contributed by atoms with van der Waals surface area (Å²) >= 11 is 0. The number of anilines is 1. The Balaban J connectivity index is 2.39. The first-order valence-electron chi connectivity index (χ1n) is 5.46. The zero-order valence-corrected chi connectivity index (χ0v) is 9.38. The molecule has 1 heterocycles. The molecule has 0 bridgehead atoms. The predicted molar refractivity (Wildman–Crippen MR) is 57.5 cm³/mol. The van der Waals surface area contributed by atoms with Crippen molar-refractivity contribution in [1.29, 1.82) is 0 Å². The van der Waals surface area contributed by atoms with E-state index >= 15 is 0 Å². The summed E-state index contributed by atoms with van der Waals surface area (Å²) in [6.07, 6.45) is 0.273. The van der Waals surface area contributed by atoms with Crippen LogP contribution in [0.5, 0.6) is 0 Å². The van der Waals surface area contributed by atoms with Crippen LogP contribution >= 0.6 is 0 Å². The van der Waals surface area contributed by atoms with Gasteiger partial charge in [0.2, 0.25) is 5.91 Å². The monoisotopic (exact) mass is 257 g/mol. The highest BCUT2D eigenvalue weighted by Crippen LogP contribution is 2.25. The van der Waals surface area contributed by atoms with E-state index in [0.717, 1.165) is 17.0 Å². The number of rotatable bonds is 1. The molecule has 1 saturated heterocycles. The molecule has 96 valence electrons. The summed E-state index contributed by atoms with van der Waals surface area (Å²) in [6, 6.07) is 1.76. The Morgan fingerprint density at radius 1 is 1.06 bits per heavy atom. The van der Waals surface area contributed by atoms with Crippen LogP contribution in [-0.2, 0) is 9.59 Å². The highest BCUT2D eigenvalue weighted by Gasteiger charge is 2.26. The number of amides is 1. The first kappa shape index (κ1) is 12.6. The summed E-state index contributed by atoms with van der Waals surface area (Å²) in [5.74, 6) is -5.16. The van der Waals surface area contributed by atoms with E-state index in [-0.39, 0.29) is 30.9 Å². The second kappa shape index (κ2) is 4.80. The van der Waals surface area contributed by atoms with Crippen LogP contribution < -0.4 is 4.90 Å². The Bertz CT molecular complexity index is 516. The number of carbonyl (C=O) groups is 2. The Morgan fingerprint density at radius 2 is 1.78 bits per heavy atom. The topological polar surface area (TPSA) is 37.4 Å². The fourth-order valence-corrected chi connectivity index (χ4v) is 1.89. The fourth-order valence-electron chi connectivity index (χ4n) is 1.89. The van der Waals surface area contributed by atoms with Gasteiger partial charge in [0.15, 0.2) is 17.5 Å². The zero-order valence-electron chi connectivity index (χ0n) is 9.38. The van der Waals surface area contributed by atoms with E-state index < -0.39 is 23.4 Å². The lowest BCUT2D eigenvalue weighted by molar-refractivity contribution is -0.125. The maximum absolute atomic E-state index is 13.6. The van der Waals surface area contributed by atoms with E-state index in [1.54, 1.807) is 0 Å². The molecular weight excluding hydrogens is 247 g/mol. The summed E-state index contributed by atoms with van der Waals surface area (Å²) in [6.45, 7) is 0.118. The highest BCUT2D eigenvalue weighted by atomic mass is 19.2. The summed E-state index contributed by atoms with van der Waals surface area (Å²) < 4.78 is 39.4. The second-order valence-electron chi connectivity index (χ2n) is 4.06. The van der Waals surface area contributed by atoms with Crippen molar-refractivity contribution in [2.75, 3.05) is 11.4 Å². The number of halogens is 3. The molecule has 6 heteroatoms. The van der Waals surface area contributed by atoms with E-state index in [1.165, 1.54) is 0 Å². The van der Waals surface area contributed by atoms with Gasteiger partial charge in [-0.25, -0.2) is 13.2 Å². The van der Waals surface area contributed by atoms with Crippen LogP contribution in [0.1, 0.15) is 19.3 Å². The maximum Gasteiger partial charge on any atom is 0.234 e. The third-order valence-corrected chi connectivity index (χ3v) is 2.79. The fraction of sp³-hybridized carbons (Fsp3) is 0.333. The molecule has 0 saturated carbocycles. The van der Waals surface area contributed by atoms with Gasteiger partial charge in [0.1, 0.15) is 5.78 Å². The maximum atomic E-state index is 13.6. The molecule has 1 aromatic rings. The largest absolute Gasteiger partial charge is 0.309 e. The summed E-state index contributed by atoms with van der Waals surface area (Å²) in [7, 11) is 0. The van der Waals surface area contributed by atoms with Gasteiger partial charge in [-0.15, -0.1) is 0 Å². The van der Waals surface area contributed by atoms with Crippen LogP contribution in [0.4, 0.5) is 18.9 Å². The third-order valence-electron chi connectivity index (χ3n) is 2.79. The standard InChI is InChI=1S/C12H10F3NO2/c13-8-3-4-9(12(15)11(8)14)16-5-1-2-7(17)6-10(16)18/h3-4H,1-2,5-6H2. The van der Waals surface area contributed by atoms with E-state index in [1.807, 2.05) is 0 Å². The molecule has 1 aliphatic heterocycles. The van der Waals surface area contributed by atoms with Crippen molar-refractivity contribution in [3.63, 3.8) is 0 Å². The van der Waals surface area contributed by atoms with Gasteiger partial charge < -0.3 is 4.90 Å². The van der Waals surface area contributed by atoms with Gasteiger partial charge in [-0.2, -0.15) is 0 Å². The van der Waals surface area contributed by atoms with Crippen LogP contribution in [0.15, 0.2) is 12.1 Å². The molecule has 18 heavy (non-hydrogen) atoms. The molecule has 0 aliphatic carbocycles. The number of carbonyl (C=O) groups excluding carboxylic acids is 2. The van der Waals surface area contributed by atoms with Crippen molar-refractivity contribution in [3.05, 3.63) is 29.6 Å². The van der Waals surface area contributed by atoms with E-state index in [2.05, 4.69) is 0 Å². The quantitative estimate of drug-likeness (QED) is 0.571. The van der Waals surface area contributed by atoms with Crippen molar-refractivity contribution in [3.8, 4) is 0 Å². The average molecular weight is 257 g/mol. The Hall–Kier alpha value is -1.85. The van der Waals surface area contributed by atoms with Crippen LogP contribution in [-0.4, -0.2) is 18.2 Å². The lowest BCUT2D eigenvalue weighted by Gasteiger charge is -2.21. The van der Waals surface area contributed by atoms with Gasteiger partial charge >= 0.3 is 0 Å². The lowest BCUT2D eigenvalue weighted by Crippen LogP contribution is -2.31. The number of benzene rings is 1. The normalized spacial score (nSPS) is 16.9. The molecule has 1 aromatic carbocycles. The molecule has 0 aromatic heterocycles. The van der Waals surface area contributed by atoms with Gasteiger partial charge in [0.25, 0.3) is 0 Å². The SMILES string of the molecule is O=C1CCCN(c2ccc(F)c(F)c2F)C(=O)C1. The van der Waals surface area contributed by atoms with Gasteiger partial charge in [0.05, 0.1) is 12.1 Å². The molecule has 0 atom stereocenters. The predicted octanol–water partition coefficient (Wildman–Crippen LogP) is 2.19. The van der Waals surface area contributed by atoms with Crippen molar-refractivity contribution >= 4 is 17.4 Å². The van der Waals surface area contributed by atoms with E-state index in [9.17, 15) is 22.8 Å². The number of hydrogen-bond donors (Lipinski definition) is 0. The molecule has 1 aliphatic rings. The molecule has 0 spiro atoms. The number of Topliss-reactive ketones (excluding diaryl/α,β-unsaturated/α-hetero) is 1. The van der Waals surface area contributed by atoms with Gasteiger partial charge in [-0.1, -0.05) is 0 Å². The number of hydrogen-bond acceptors (Lipinski definition) is 2. The average Bonchev–Trinajstić information content (AvgIpc) is 2.48. The molecular formula is C12H10F3NO2. The van der Waals surface area contributed by atoms with E-state index in [4.69, 9.17) is 0 Å². The minimum atomic E-state index is -1.61. The zero-order chi connectivity index (χ0) is 13.3. The van der Waals surface area contributed by atoms with Gasteiger partial charge in [-0.05, 0) is 18.6 Å². The number of ketones is 1. The van der Waals surface area contributed by atoms with Crippen molar-refractivity contribution in [2.24, 2.45) is 0 Å². The van der Waals surface area contributed by atoms with Gasteiger partial charge in [0, 0.05) is 13.0 Å². The number of nitrogens with zero attached hydrogens (tertiary/aromatic N) is 1. The summed E-state index contributed by atoms with van der Waals surface area (Å²) in [4.78, 5) is 23.9. The van der Waals surface area contributed by atoms with Crippen LogP contribution in [0.2, 0.25) is 0 Å². The highest BCUT2D eigenvalue weighted by molar-refractivity contribution is 6.06. The summed E-state index contributed by atoms with van der Waals surface area (Å²) in [5.41, 5.74) is -0.325. The van der Waals surface area contributed by atoms with Crippen LogP contribution in [0.25, 0.3) is 0 Å². The molecule has 1 amide bonds. The molecule has 2 rings (SSSR count). The minimum Gasteiger partial charge on any atom is -0.309 e. The Morgan fingerprint density at radius 3 is 2.50 bits per heavy atom. The van der Waals surface area contributed by atoms with Crippen LogP contribution in [0.3, 0.4) is 0 Å². The molecule has 0 N–H and O–H groups in total. The van der Waals surface area contributed by atoms with E-state index in [0.29, 0.717) is 6.42 Å². The van der Waals surface area contributed by atoms with Crippen molar-refractivity contribution in [2.45, 2.75) is 19.3 Å². The summed E-state index contributed by atoms with van der Waals surface area (Å²) in [5, 5.41) is 0. The molecule has 3 nitrogen and oxygen atoms in total. The Labute approximate surface area is 101 Å². The second-order valence-corrected chi connectivity index (χ2v) is 4.06. The third kappa shape index (κ3) is 2.23. The van der Waals surface area contributed by atoms with Gasteiger partial charge in [-0.3, -0.25) is 9.59 Å². The first-order chi connectivity index (χ1) is 8.50. The smallest absolute Gasteiger partial charge is 0.234 e. The molecule has 0 radical (unpaired) electrons.